The van der Waals surface area contributed by atoms with Crippen molar-refractivity contribution in [1.82, 2.24) is 4.98 Å². The minimum absolute atomic E-state index is 0.0186. The Labute approximate surface area is 174 Å². The average Bonchev–Trinajstić information content (AvgIpc) is 3.07. The van der Waals surface area contributed by atoms with Gasteiger partial charge in [0.05, 0.1) is 15.3 Å². The van der Waals surface area contributed by atoms with Gasteiger partial charge in [0.15, 0.2) is 0 Å². The molecule has 0 atom stereocenters. The lowest BCUT2D eigenvalue weighted by molar-refractivity contribution is 0.101. The smallest absolute Gasteiger partial charge is 0.396 e. The molecule has 2 heterocycles. The highest BCUT2D eigenvalue weighted by Gasteiger charge is 2.33. The molecule has 2 aromatic carbocycles. The standard InChI is InChI=1S/C20H13FN2O5S2/c1-12-10-14(21)2-5-18(12)30(26,27)23(19(24)13-6-8-22-9-7-13)15-3-4-16-17(11-15)29-20(25)28-16/h2-11H,1H3. The molecule has 0 saturated heterocycles. The van der Waals surface area contributed by atoms with Crippen molar-refractivity contribution in [2.45, 2.75) is 11.8 Å². The van der Waals surface area contributed by atoms with Gasteiger partial charge in [0.1, 0.15) is 11.4 Å². The Bertz CT molecular complexity index is 1430. The average molecular weight is 444 g/mol. The number of carbonyl (C=O) groups excluding carboxylic acids is 1. The van der Waals surface area contributed by atoms with E-state index in [0.29, 0.717) is 9.01 Å². The molecule has 30 heavy (non-hydrogen) atoms. The maximum atomic E-state index is 13.5. The predicted octanol–water partition coefficient (Wildman–Crippen LogP) is 3.73. The molecular formula is C20H13FN2O5S2. The second-order valence-corrected chi connectivity index (χ2v) is 9.04. The quantitative estimate of drug-likeness (QED) is 0.476. The fourth-order valence-electron chi connectivity index (χ4n) is 2.97. The highest BCUT2D eigenvalue weighted by Crippen LogP contribution is 2.31. The number of halogens is 1. The van der Waals surface area contributed by atoms with Crippen LogP contribution in [0.15, 0.2) is 75.0 Å². The number of fused-ring (bicyclic) bond motifs is 1. The molecular weight excluding hydrogens is 431 g/mol. The Hall–Kier alpha value is -3.37. The number of hydrogen-bond acceptors (Lipinski definition) is 7. The first-order valence-electron chi connectivity index (χ1n) is 8.57. The molecule has 2 aromatic heterocycles. The topological polar surface area (TPSA) is 97.6 Å². The first-order chi connectivity index (χ1) is 14.3. The summed E-state index contributed by atoms with van der Waals surface area (Å²) in [4.78, 5) is 27.9. The molecule has 0 aliphatic heterocycles. The van der Waals surface area contributed by atoms with Crippen molar-refractivity contribution < 1.29 is 22.0 Å². The van der Waals surface area contributed by atoms with Crippen molar-refractivity contribution in [3.63, 3.8) is 0 Å². The lowest BCUT2D eigenvalue weighted by atomic mass is 10.2. The minimum Gasteiger partial charge on any atom is -0.414 e. The summed E-state index contributed by atoms with van der Waals surface area (Å²) in [6, 6.07) is 10.2. The minimum atomic E-state index is -4.42. The van der Waals surface area contributed by atoms with E-state index in [-0.39, 0.29) is 27.3 Å². The summed E-state index contributed by atoms with van der Waals surface area (Å²) in [5, 5.41) is 0. The Morgan fingerprint density at radius 2 is 1.83 bits per heavy atom. The van der Waals surface area contributed by atoms with E-state index >= 15 is 0 Å². The number of aromatic nitrogens is 1. The summed E-state index contributed by atoms with van der Waals surface area (Å²) in [6.07, 6.45) is 2.73. The Balaban J connectivity index is 1.94. The molecule has 0 saturated carbocycles. The monoisotopic (exact) mass is 444 g/mol. The Morgan fingerprint density at radius 1 is 1.10 bits per heavy atom. The van der Waals surface area contributed by atoms with Gasteiger partial charge >= 0.3 is 4.94 Å². The first kappa shape index (κ1) is 19.9. The van der Waals surface area contributed by atoms with E-state index in [9.17, 15) is 22.4 Å². The van der Waals surface area contributed by atoms with Gasteiger partial charge in [-0.15, -0.1) is 0 Å². The largest absolute Gasteiger partial charge is 0.414 e. The zero-order valence-corrected chi connectivity index (χ0v) is 17.0. The highest BCUT2D eigenvalue weighted by atomic mass is 32.2. The van der Waals surface area contributed by atoms with Gasteiger partial charge < -0.3 is 4.42 Å². The van der Waals surface area contributed by atoms with Crippen LogP contribution in [-0.2, 0) is 10.0 Å². The van der Waals surface area contributed by atoms with Gasteiger partial charge in [-0.2, -0.15) is 4.31 Å². The lowest BCUT2D eigenvalue weighted by Gasteiger charge is -2.23. The molecule has 1 amide bonds. The van der Waals surface area contributed by atoms with Gasteiger partial charge in [-0.25, -0.2) is 17.6 Å². The third-order valence-corrected chi connectivity index (χ3v) is 6.98. The molecule has 152 valence electrons. The molecule has 4 aromatic rings. The molecule has 0 fully saturated rings. The molecule has 0 aliphatic carbocycles. The summed E-state index contributed by atoms with van der Waals surface area (Å²) in [6.45, 7) is 1.44. The zero-order chi connectivity index (χ0) is 21.5. The van der Waals surface area contributed by atoms with Crippen LogP contribution in [0, 0.1) is 12.7 Å². The van der Waals surface area contributed by atoms with Gasteiger partial charge in [-0.3, -0.25) is 9.78 Å². The number of carbonyl (C=O) groups is 1. The number of sulfonamides is 1. The van der Waals surface area contributed by atoms with Crippen LogP contribution in [0.4, 0.5) is 10.1 Å². The second-order valence-electron chi connectivity index (χ2n) is 6.31. The van der Waals surface area contributed by atoms with Crippen molar-refractivity contribution in [2.75, 3.05) is 4.31 Å². The van der Waals surface area contributed by atoms with E-state index in [4.69, 9.17) is 4.42 Å². The Morgan fingerprint density at radius 3 is 2.53 bits per heavy atom. The van der Waals surface area contributed by atoms with Crippen LogP contribution in [0.5, 0.6) is 0 Å². The van der Waals surface area contributed by atoms with E-state index in [1.165, 1.54) is 49.6 Å². The third-order valence-electron chi connectivity index (χ3n) is 4.32. The number of hydrogen-bond donors (Lipinski definition) is 0. The predicted molar refractivity (Wildman–Crippen MR) is 110 cm³/mol. The van der Waals surface area contributed by atoms with Gasteiger partial charge in [0.2, 0.25) is 0 Å². The second kappa shape index (κ2) is 7.47. The number of aryl methyl sites for hydroxylation is 1. The lowest BCUT2D eigenvalue weighted by Crippen LogP contribution is -2.37. The van der Waals surface area contributed by atoms with Gasteiger partial charge in [0, 0.05) is 18.0 Å². The van der Waals surface area contributed by atoms with Crippen LogP contribution in [0.3, 0.4) is 0 Å². The SMILES string of the molecule is Cc1cc(F)ccc1S(=O)(=O)N(C(=O)c1ccncc1)c1ccc2oc(=O)sc2c1. The summed E-state index contributed by atoms with van der Waals surface area (Å²) in [5.74, 6) is -1.42. The highest BCUT2D eigenvalue weighted by molar-refractivity contribution is 7.93. The molecule has 0 bridgehead atoms. The first-order valence-corrected chi connectivity index (χ1v) is 10.8. The fraction of sp³-hybridized carbons (Fsp3) is 0.0500. The molecule has 7 nitrogen and oxygen atoms in total. The normalized spacial score (nSPS) is 11.5. The van der Waals surface area contributed by atoms with Crippen LogP contribution in [-0.4, -0.2) is 19.3 Å². The summed E-state index contributed by atoms with van der Waals surface area (Å²) < 4.78 is 46.6. The molecule has 10 heteroatoms. The number of pyridine rings is 1. The third kappa shape index (κ3) is 3.51. The van der Waals surface area contributed by atoms with Crippen LogP contribution in [0.25, 0.3) is 10.3 Å². The summed E-state index contributed by atoms with van der Waals surface area (Å²) >= 11 is 0.788. The van der Waals surface area contributed by atoms with E-state index < -0.39 is 26.7 Å². The van der Waals surface area contributed by atoms with Crippen molar-refractivity contribution in [3.05, 3.63) is 87.6 Å². The van der Waals surface area contributed by atoms with Crippen LogP contribution in [0.1, 0.15) is 15.9 Å². The summed E-state index contributed by atoms with van der Waals surface area (Å²) in [5.41, 5.74) is 0.538. The van der Waals surface area contributed by atoms with Crippen LogP contribution in [0.2, 0.25) is 0 Å². The van der Waals surface area contributed by atoms with Crippen molar-refractivity contribution >= 4 is 43.2 Å². The van der Waals surface area contributed by atoms with Crippen molar-refractivity contribution in [3.8, 4) is 0 Å². The number of nitrogens with zero attached hydrogens (tertiary/aromatic N) is 2. The molecule has 0 radical (unpaired) electrons. The van der Waals surface area contributed by atoms with E-state index in [2.05, 4.69) is 4.98 Å². The van der Waals surface area contributed by atoms with E-state index in [1.54, 1.807) is 0 Å². The fourth-order valence-corrected chi connectivity index (χ4v) is 5.28. The Kier molecular flexibility index (Phi) is 4.96. The van der Waals surface area contributed by atoms with Crippen LogP contribution < -0.4 is 9.24 Å². The van der Waals surface area contributed by atoms with Gasteiger partial charge in [-0.05, 0) is 61.0 Å². The number of amides is 1. The summed E-state index contributed by atoms with van der Waals surface area (Å²) in [7, 11) is -4.42. The molecule has 0 N–H and O–H groups in total. The molecule has 0 aliphatic rings. The van der Waals surface area contributed by atoms with Crippen molar-refractivity contribution in [1.29, 1.82) is 0 Å². The number of benzene rings is 2. The number of rotatable bonds is 4. The molecule has 0 unspecified atom stereocenters. The van der Waals surface area contributed by atoms with Crippen molar-refractivity contribution in [2.24, 2.45) is 0 Å². The van der Waals surface area contributed by atoms with Gasteiger partial charge in [0.25, 0.3) is 15.9 Å². The zero-order valence-electron chi connectivity index (χ0n) is 15.4. The van der Waals surface area contributed by atoms with Crippen LogP contribution >= 0.6 is 11.3 Å². The van der Waals surface area contributed by atoms with E-state index in [0.717, 1.165) is 29.5 Å². The maximum Gasteiger partial charge on any atom is 0.396 e. The molecule has 0 spiro atoms. The molecule has 4 rings (SSSR count). The maximum absolute atomic E-state index is 13.5. The number of anilines is 1. The van der Waals surface area contributed by atoms with E-state index in [1.807, 2.05) is 0 Å². The van der Waals surface area contributed by atoms with Gasteiger partial charge in [-0.1, -0.05) is 11.3 Å².